The molecule has 1 amide bonds. The Morgan fingerprint density at radius 2 is 1.76 bits per heavy atom. The summed E-state index contributed by atoms with van der Waals surface area (Å²) in [5, 5.41) is 0. The lowest BCUT2D eigenvalue weighted by Crippen LogP contribution is -2.49. The van der Waals surface area contributed by atoms with E-state index in [0.717, 1.165) is 23.9 Å². The largest absolute Gasteiger partial charge is 0.340 e. The summed E-state index contributed by atoms with van der Waals surface area (Å²) in [5.41, 5.74) is 1.18. The van der Waals surface area contributed by atoms with Gasteiger partial charge >= 0.3 is 0 Å². The molecule has 0 saturated carbocycles. The van der Waals surface area contributed by atoms with Crippen LogP contribution in [0.5, 0.6) is 0 Å². The number of rotatable bonds is 7. The highest BCUT2D eigenvalue weighted by atomic mass is 32.2. The van der Waals surface area contributed by atoms with E-state index in [1.54, 1.807) is 4.90 Å². The van der Waals surface area contributed by atoms with Crippen molar-refractivity contribution in [2.75, 3.05) is 52.6 Å². The van der Waals surface area contributed by atoms with Crippen LogP contribution in [0.1, 0.15) is 12.0 Å². The monoisotopic (exact) mass is 365 g/mol. The Balaban J connectivity index is 1.72. The Hall–Kier alpha value is -1.70. The molecule has 1 fully saturated rings. The van der Waals surface area contributed by atoms with Crippen molar-refractivity contribution < 1.29 is 13.2 Å². The first kappa shape index (κ1) is 19.6. The van der Waals surface area contributed by atoms with Crippen molar-refractivity contribution >= 4 is 22.0 Å². The van der Waals surface area contributed by atoms with Crippen molar-refractivity contribution in [3.63, 3.8) is 0 Å². The van der Waals surface area contributed by atoms with Crippen LogP contribution in [0.4, 0.5) is 0 Å². The molecule has 1 aromatic carbocycles. The summed E-state index contributed by atoms with van der Waals surface area (Å²) in [5.74, 6) is -0.205. The standard InChI is InChI=1S/C18H27N3O3S/c1-19(2)25(23,24)16-10-18(22)21-14-12-20(13-15-21)11-6-9-17-7-4-3-5-8-17/h3-9H,10-16H2,1-2H3/b9-6+. The van der Waals surface area contributed by atoms with Crippen LogP contribution >= 0.6 is 0 Å². The normalized spacial score (nSPS) is 16.7. The number of hydrogen-bond acceptors (Lipinski definition) is 4. The summed E-state index contributed by atoms with van der Waals surface area (Å²) < 4.78 is 24.7. The van der Waals surface area contributed by atoms with Gasteiger partial charge in [0.25, 0.3) is 0 Å². The quantitative estimate of drug-likeness (QED) is 0.727. The fourth-order valence-electron chi connectivity index (χ4n) is 2.64. The number of benzene rings is 1. The molecule has 0 unspecified atom stereocenters. The first-order valence-electron chi connectivity index (χ1n) is 8.50. The van der Waals surface area contributed by atoms with Crippen molar-refractivity contribution in [3.8, 4) is 0 Å². The molecular formula is C18H27N3O3S. The van der Waals surface area contributed by atoms with Crippen molar-refractivity contribution in [1.82, 2.24) is 14.1 Å². The number of sulfonamides is 1. The topological polar surface area (TPSA) is 60.9 Å². The molecule has 2 rings (SSSR count). The zero-order valence-electron chi connectivity index (χ0n) is 15.0. The molecule has 1 saturated heterocycles. The summed E-state index contributed by atoms with van der Waals surface area (Å²) in [6.45, 7) is 3.78. The molecule has 0 N–H and O–H groups in total. The maximum absolute atomic E-state index is 12.2. The molecule has 1 heterocycles. The summed E-state index contributed by atoms with van der Waals surface area (Å²) in [7, 11) is -0.340. The lowest BCUT2D eigenvalue weighted by atomic mass is 10.2. The highest BCUT2D eigenvalue weighted by Gasteiger charge is 2.22. The Morgan fingerprint density at radius 1 is 1.12 bits per heavy atom. The van der Waals surface area contributed by atoms with Gasteiger partial charge in [0.2, 0.25) is 15.9 Å². The smallest absolute Gasteiger partial charge is 0.223 e. The maximum Gasteiger partial charge on any atom is 0.223 e. The van der Waals surface area contributed by atoms with E-state index in [9.17, 15) is 13.2 Å². The minimum Gasteiger partial charge on any atom is -0.340 e. The SMILES string of the molecule is CN(C)S(=O)(=O)CCC(=O)N1CCN(C/C=C/c2ccccc2)CC1. The molecule has 138 valence electrons. The van der Waals surface area contributed by atoms with E-state index in [1.165, 1.54) is 19.7 Å². The van der Waals surface area contributed by atoms with E-state index in [4.69, 9.17) is 0 Å². The molecule has 0 radical (unpaired) electrons. The van der Waals surface area contributed by atoms with Crippen LogP contribution in [0.3, 0.4) is 0 Å². The Bertz CT molecular complexity index is 679. The summed E-state index contributed by atoms with van der Waals surface area (Å²) >= 11 is 0. The van der Waals surface area contributed by atoms with E-state index >= 15 is 0 Å². The molecule has 0 aromatic heterocycles. The molecule has 1 aliphatic heterocycles. The molecule has 0 aliphatic carbocycles. The molecule has 0 atom stereocenters. The Morgan fingerprint density at radius 3 is 2.36 bits per heavy atom. The second kappa shape index (κ2) is 9.12. The number of carbonyl (C=O) groups excluding carboxylic acids is 1. The van der Waals surface area contributed by atoms with Crippen LogP contribution in [-0.4, -0.2) is 81.0 Å². The van der Waals surface area contributed by atoms with Gasteiger partial charge < -0.3 is 4.90 Å². The van der Waals surface area contributed by atoms with Crippen molar-refractivity contribution in [1.29, 1.82) is 0 Å². The number of amides is 1. The van der Waals surface area contributed by atoms with Crippen LogP contribution in [0.25, 0.3) is 6.08 Å². The van der Waals surface area contributed by atoms with E-state index in [0.29, 0.717) is 13.1 Å². The third-order valence-corrected chi connectivity index (χ3v) is 6.16. The average molecular weight is 365 g/mol. The summed E-state index contributed by atoms with van der Waals surface area (Å²) in [6, 6.07) is 10.2. The van der Waals surface area contributed by atoms with Crippen LogP contribution in [0.15, 0.2) is 36.4 Å². The highest BCUT2D eigenvalue weighted by Crippen LogP contribution is 2.07. The first-order chi connectivity index (χ1) is 11.9. The van der Waals surface area contributed by atoms with E-state index in [1.807, 2.05) is 18.2 Å². The lowest BCUT2D eigenvalue weighted by molar-refractivity contribution is -0.132. The van der Waals surface area contributed by atoms with Gasteiger partial charge in [-0.2, -0.15) is 0 Å². The van der Waals surface area contributed by atoms with Gasteiger partial charge in [0.15, 0.2) is 0 Å². The van der Waals surface area contributed by atoms with Gasteiger partial charge in [0.05, 0.1) is 5.75 Å². The molecule has 0 bridgehead atoms. The first-order valence-corrected chi connectivity index (χ1v) is 10.1. The second-order valence-electron chi connectivity index (χ2n) is 6.34. The predicted octanol–water partition coefficient (Wildman–Crippen LogP) is 1.13. The number of hydrogen-bond donors (Lipinski definition) is 0. The van der Waals surface area contributed by atoms with Crippen molar-refractivity contribution in [2.24, 2.45) is 0 Å². The molecule has 1 aromatic rings. The van der Waals surface area contributed by atoms with Gasteiger partial charge in [-0.25, -0.2) is 12.7 Å². The summed E-state index contributed by atoms with van der Waals surface area (Å²) in [6.07, 6.45) is 4.29. The minimum absolute atomic E-state index is 0.0500. The number of nitrogens with zero attached hydrogens (tertiary/aromatic N) is 3. The van der Waals surface area contributed by atoms with Gasteiger partial charge in [0.1, 0.15) is 0 Å². The van der Waals surface area contributed by atoms with E-state index < -0.39 is 10.0 Å². The fourth-order valence-corrected chi connectivity index (χ4v) is 3.44. The van der Waals surface area contributed by atoms with Crippen LogP contribution in [-0.2, 0) is 14.8 Å². The zero-order chi connectivity index (χ0) is 18.3. The van der Waals surface area contributed by atoms with E-state index in [-0.39, 0.29) is 18.1 Å². The predicted molar refractivity (Wildman–Crippen MR) is 101 cm³/mol. The average Bonchev–Trinajstić information content (AvgIpc) is 2.61. The third-order valence-electron chi connectivity index (χ3n) is 4.33. The van der Waals surface area contributed by atoms with Crippen LogP contribution in [0.2, 0.25) is 0 Å². The molecule has 25 heavy (non-hydrogen) atoms. The van der Waals surface area contributed by atoms with Crippen molar-refractivity contribution in [3.05, 3.63) is 42.0 Å². The van der Waals surface area contributed by atoms with Crippen molar-refractivity contribution in [2.45, 2.75) is 6.42 Å². The second-order valence-corrected chi connectivity index (χ2v) is 8.65. The Kier molecular flexibility index (Phi) is 7.16. The number of piperazine rings is 1. The van der Waals surface area contributed by atoms with Gasteiger partial charge in [-0.15, -0.1) is 0 Å². The molecule has 6 nitrogen and oxygen atoms in total. The fraction of sp³-hybridized carbons (Fsp3) is 0.500. The molecule has 0 spiro atoms. The van der Waals surface area contributed by atoms with Crippen LogP contribution in [0, 0.1) is 0 Å². The highest BCUT2D eigenvalue weighted by molar-refractivity contribution is 7.89. The molecular weight excluding hydrogens is 338 g/mol. The Labute approximate surface area is 150 Å². The van der Waals surface area contributed by atoms with Gasteiger partial charge in [-0.1, -0.05) is 42.5 Å². The third kappa shape index (κ3) is 6.26. The van der Waals surface area contributed by atoms with Gasteiger partial charge in [-0.05, 0) is 5.56 Å². The zero-order valence-corrected chi connectivity index (χ0v) is 15.8. The maximum atomic E-state index is 12.2. The minimum atomic E-state index is -3.31. The van der Waals surface area contributed by atoms with Gasteiger partial charge in [0, 0.05) is 53.2 Å². The van der Waals surface area contributed by atoms with Gasteiger partial charge in [-0.3, -0.25) is 9.69 Å². The molecule has 1 aliphatic rings. The lowest BCUT2D eigenvalue weighted by Gasteiger charge is -2.34. The van der Waals surface area contributed by atoms with Crippen LogP contribution < -0.4 is 0 Å². The molecule has 7 heteroatoms. The number of carbonyl (C=O) groups is 1. The van der Waals surface area contributed by atoms with E-state index in [2.05, 4.69) is 29.2 Å². The summed E-state index contributed by atoms with van der Waals surface area (Å²) in [4.78, 5) is 16.2.